The van der Waals surface area contributed by atoms with Gasteiger partial charge in [-0.15, -0.1) is 24.0 Å². The molecule has 1 saturated carbocycles. The molecule has 1 heterocycles. The van der Waals surface area contributed by atoms with E-state index in [-0.39, 0.29) is 48.4 Å². The molecule has 1 saturated heterocycles. The fraction of sp³-hybridized carbons (Fsp3) is 0.824. The third-order valence-electron chi connectivity index (χ3n) is 4.79. The smallest absolute Gasteiger partial charge is 0.239 e. The van der Waals surface area contributed by atoms with Crippen LogP contribution in [0.2, 0.25) is 0 Å². The minimum atomic E-state index is 0. The van der Waals surface area contributed by atoms with Crippen molar-refractivity contribution in [3.8, 4) is 0 Å². The molecule has 25 heavy (non-hydrogen) atoms. The molecule has 2 aliphatic rings. The maximum absolute atomic E-state index is 12.0. The Morgan fingerprint density at radius 1 is 1.08 bits per heavy atom. The van der Waals surface area contributed by atoms with Crippen molar-refractivity contribution in [3.63, 3.8) is 0 Å². The molecule has 0 aromatic heterocycles. The number of halogens is 1. The van der Waals surface area contributed by atoms with Gasteiger partial charge in [-0.3, -0.25) is 14.6 Å². The van der Waals surface area contributed by atoms with Gasteiger partial charge in [-0.25, -0.2) is 0 Å². The highest BCUT2D eigenvalue weighted by Gasteiger charge is 2.26. The molecule has 1 unspecified atom stereocenters. The average molecular weight is 465 g/mol. The zero-order chi connectivity index (χ0) is 17.4. The molecule has 3 N–H and O–H groups in total. The van der Waals surface area contributed by atoms with Gasteiger partial charge in [0.15, 0.2) is 5.96 Å². The summed E-state index contributed by atoms with van der Waals surface area (Å²) in [5.74, 6) is 0.817. The van der Waals surface area contributed by atoms with Gasteiger partial charge in [0.1, 0.15) is 0 Å². The Morgan fingerprint density at radius 3 is 2.44 bits per heavy atom. The number of nitrogens with zero attached hydrogens (tertiary/aromatic N) is 2. The molecule has 7 nitrogen and oxygen atoms in total. The number of hydrogen-bond donors (Lipinski definition) is 3. The topological polar surface area (TPSA) is 85.8 Å². The minimum Gasteiger partial charge on any atom is -0.352 e. The van der Waals surface area contributed by atoms with E-state index in [2.05, 4.69) is 20.9 Å². The standard InChI is InChI=1S/C17H31N5O2.HI/c1-3-16(24)22-10-9-14(12-22)21-17(18-2)19-11-15(23)20-13-7-5-4-6-8-13;/h13-14H,3-12H2,1-2H3,(H,20,23)(H2,18,19,21);1H. The summed E-state index contributed by atoms with van der Waals surface area (Å²) < 4.78 is 0. The molecule has 2 amide bonds. The molecule has 0 aromatic rings. The van der Waals surface area contributed by atoms with Gasteiger partial charge in [0.2, 0.25) is 11.8 Å². The molecule has 144 valence electrons. The van der Waals surface area contributed by atoms with Crippen LogP contribution in [-0.2, 0) is 9.59 Å². The molecule has 2 rings (SSSR count). The van der Waals surface area contributed by atoms with Crippen LogP contribution in [0.15, 0.2) is 4.99 Å². The van der Waals surface area contributed by atoms with Gasteiger partial charge in [-0.1, -0.05) is 26.2 Å². The second-order valence-electron chi connectivity index (χ2n) is 6.65. The molecule has 1 atom stereocenters. The summed E-state index contributed by atoms with van der Waals surface area (Å²) in [7, 11) is 1.69. The first-order valence-electron chi connectivity index (χ1n) is 9.16. The van der Waals surface area contributed by atoms with E-state index in [9.17, 15) is 9.59 Å². The first-order chi connectivity index (χ1) is 11.6. The molecule has 0 aromatic carbocycles. The number of carbonyl (C=O) groups excluding carboxylic acids is 2. The molecular formula is C17H32IN5O2. The van der Waals surface area contributed by atoms with E-state index < -0.39 is 0 Å². The molecular weight excluding hydrogens is 433 g/mol. The zero-order valence-electron chi connectivity index (χ0n) is 15.3. The fourth-order valence-electron chi connectivity index (χ4n) is 3.41. The number of likely N-dealkylation sites (tertiary alicyclic amines) is 1. The van der Waals surface area contributed by atoms with Crippen molar-refractivity contribution in [1.82, 2.24) is 20.9 Å². The summed E-state index contributed by atoms with van der Waals surface area (Å²) in [5.41, 5.74) is 0. The van der Waals surface area contributed by atoms with Crippen molar-refractivity contribution in [3.05, 3.63) is 0 Å². The first-order valence-corrected chi connectivity index (χ1v) is 9.16. The number of nitrogens with one attached hydrogen (secondary N) is 3. The predicted molar refractivity (Wildman–Crippen MR) is 110 cm³/mol. The summed E-state index contributed by atoms with van der Waals surface area (Å²) in [6.07, 6.45) is 7.30. The van der Waals surface area contributed by atoms with E-state index in [0.29, 0.717) is 25.0 Å². The second kappa shape index (κ2) is 11.5. The second-order valence-corrected chi connectivity index (χ2v) is 6.65. The number of amides is 2. The van der Waals surface area contributed by atoms with Crippen molar-refractivity contribution < 1.29 is 9.59 Å². The summed E-state index contributed by atoms with van der Waals surface area (Å²) in [6, 6.07) is 0.513. The fourth-order valence-corrected chi connectivity index (χ4v) is 3.41. The van der Waals surface area contributed by atoms with Crippen LogP contribution in [0.3, 0.4) is 0 Å². The lowest BCUT2D eigenvalue weighted by atomic mass is 9.95. The van der Waals surface area contributed by atoms with Gasteiger partial charge in [-0.05, 0) is 19.3 Å². The quantitative estimate of drug-likeness (QED) is 0.324. The lowest BCUT2D eigenvalue weighted by molar-refractivity contribution is -0.129. The van der Waals surface area contributed by atoms with Crippen molar-refractivity contribution >= 4 is 41.8 Å². The Morgan fingerprint density at radius 2 is 1.80 bits per heavy atom. The van der Waals surface area contributed by atoms with Crippen LogP contribution in [0, 0.1) is 0 Å². The van der Waals surface area contributed by atoms with Crippen LogP contribution in [0.4, 0.5) is 0 Å². The van der Waals surface area contributed by atoms with Crippen LogP contribution in [-0.4, -0.2) is 61.4 Å². The highest BCUT2D eigenvalue weighted by atomic mass is 127. The van der Waals surface area contributed by atoms with E-state index in [1.807, 2.05) is 11.8 Å². The highest BCUT2D eigenvalue weighted by molar-refractivity contribution is 14.0. The van der Waals surface area contributed by atoms with E-state index in [4.69, 9.17) is 0 Å². The van der Waals surface area contributed by atoms with E-state index in [0.717, 1.165) is 25.8 Å². The van der Waals surface area contributed by atoms with Crippen LogP contribution >= 0.6 is 24.0 Å². The Kier molecular flexibility index (Phi) is 10.1. The summed E-state index contributed by atoms with van der Waals surface area (Å²) in [6.45, 7) is 3.58. The van der Waals surface area contributed by atoms with Gasteiger partial charge >= 0.3 is 0 Å². The van der Waals surface area contributed by atoms with Crippen molar-refractivity contribution in [2.75, 3.05) is 26.7 Å². The molecule has 0 bridgehead atoms. The van der Waals surface area contributed by atoms with Crippen LogP contribution in [0.25, 0.3) is 0 Å². The lowest BCUT2D eigenvalue weighted by Gasteiger charge is -2.23. The molecule has 0 spiro atoms. The lowest BCUT2D eigenvalue weighted by Crippen LogP contribution is -2.49. The largest absolute Gasteiger partial charge is 0.352 e. The van der Waals surface area contributed by atoms with Crippen molar-refractivity contribution in [2.45, 2.75) is 64.0 Å². The van der Waals surface area contributed by atoms with Crippen LogP contribution in [0.5, 0.6) is 0 Å². The number of hydrogen-bond acceptors (Lipinski definition) is 3. The van der Waals surface area contributed by atoms with Crippen LogP contribution in [0.1, 0.15) is 51.9 Å². The van der Waals surface area contributed by atoms with Gasteiger partial charge in [0.25, 0.3) is 0 Å². The molecule has 0 radical (unpaired) electrons. The van der Waals surface area contributed by atoms with E-state index in [1.165, 1.54) is 19.3 Å². The Balaban J connectivity index is 0.00000312. The van der Waals surface area contributed by atoms with Crippen molar-refractivity contribution in [2.24, 2.45) is 4.99 Å². The minimum absolute atomic E-state index is 0. The highest BCUT2D eigenvalue weighted by Crippen LogP contribution is 2.17. The zero-order valence-corrected chi connectivity index (χ0v) is 17.7. The Labute approximate surface area is 167 Å². The van der Waals surface area contributed by atoms with Gasteiger partial charge in [0.05, 0.1) is 6.54 Å². The number of aliphatic imine (C=N–C) groups is 1. The Hall–Kier alpha value is -1.06. The summed E-state index contributed by atoms with van der Waals surface area (Å²) in [4.78, 5) is 29.8. The monoisotopic (exact) mass is 465 g/mol. The van der Waals surface area contributed by atoms with Gasteiger partial charge in [-0.2, -0.15) is 0 Å². The molecule has 2 fully saturated rings. The summed E-state index contributed by atoms with van der Waals surface area (Å²) >= 11 is 0. The normalized spacial score (nSPS) is 21.4. The molecule has 8 heteroatoms. The van der Waals surface area contributed by atoms with E-state index in [1.54, 1.807) is 7.05 Å². The maximum Gasteiger partial charge on any atom is 0.239 e. The van der Waals surface area contributed by atoms with Gasteiger partial charge in [0, 0.05) is 38.6 Å². The number of rotatable bonds is 5. The maximum atomic E-state index is 12.0. The number of guanidine groups is 1. The third-order valence-corrected chi connectivity index (χ3v) is 4.79. The average Bonchev–Trinajstić information content (AvgIpc) is 3.07. The van der Waals surface area contributed by atoms with Crippen LogP contribution < -0.4 is 16.0 Å². The molecule has 1 aliphatic heterocycles. The van der Waals surface area contributed by atoms with E-state index >= 15 is 0 Å². The number of carbonyl (C=O) groups is 2. The Bertz CT molecular complexity index is 466. The predicted octanol–water partition coefficient (Wildman–Crippen LogP) is 1.23. The van der Waals surface area contributed by atoms with Gasteiger partial charge < -0.3 is 20.9 Å². The molecule has 1 aliphatic carbocycles. The SMILES string of the molecule is CCC(=O)N1CCC(NC(=NC)NCC(=O)NC2CCCCC2)C1.I. The van der Waals surface area contributed by atoms with Crippen molar-refractivity contribution in [1.29, 1.82) is 0 Å². The third kappa shape index (κ3) is 7.37. The first kappa shape index (κ1) is 22.0. The summed E-state index contributed by atoms with van der Waals surface area (Å²) in [5, 5.41) is 9.45.